The molecule has 0 saturated heterocycles. The first-order valence-electron chi connectivity index (χ1n) is 7.05. The van der Waals surface area contributed by atoms with Crippen molar-refractivity contribution in [2.24, 2.45) is 0 Å². The number of nitrogens with zero attached hydrogens (tertiary/aromatic N) is 2. The largest absolute Gasteiger partial charge is 0.397 e. The SMILES string of the molecule is COCCn1cccc1C(=O)N1CCc2cccc(N)c21. The topological polar surface area (TPSA) is 60.5 Å². The summed E-state index contributed by atoms with van der Waals surface area (Å²) in [6.45, 7) is 1.92. The first-order chi connectivity index (χ1) is 10.2. The van der Waals surface area contributed by atoms with E-state index in [0.29, 0.717) is 31.1 Å². The summed E-state index contributed by atoms with van der Waals surface area (Å²) in [5.74, 6) is -0.00671. The normalized spacial score (nSPS) is 13.5. The van der Waals surface area contributed by atoms with Crippen molar-refractivity contribution in [1.29, 1.82) is 0 Å². The minimum absolute atomic E-state index is 0.00671. The van der Waals surface area contributed by atoms with Crippen LogP contribution in [-0.2, 0) is 17.7 Å². The molecule has 21 heavy (non-hydrogen) atoms. The number of aromatic nitrogens is 1. The van der Waals surface area contributed by atoms with Crippen LogP contribution >= 0.6 is 0 Å². The van der Waals surface area contributed by atoms with Gasteiger partial charge in [0.2, 0.25) is 0 Å². The highest BCUT2D eigenvalue weighted by molar-refractivity contribution is 6.08. The fourth-order valence-electron chi connectivity index (χ4n) is 2.82. The van der Waals surface area contributed by atoms with Crippen molar-refractivity contribution < 1.29 is 9.53 Å². The molecule has 1 aliphatic rings. The zero-order valence-corrected chi connectivity index (χ0v) is 12.1. The summed E-state index contributed by atoms with van der Waals surface area (Å²) in [7, 11) is 1.66. The van der Waals surface area contributed by atoms with Crippen molar-refractivity contribution in [3.63, 3.8) is 0 Å². The number of hydrogen-bond donors (Lipinski definition) is 1. The summed E-state index contributed by atoms with van der Waals surface area (Å²) in [5.41, 5.74) is 9.38. The molecule has 2 heterocycles. The van der Waals surface area contributed by atoms with E-state index >= 15 is 0 Å². The molecule has 0 saturated carbocycles. The minimum atomic E-state index is -0.00671. The number of fused-ring (bicyclic) bond motifs is 1. The number of nitrogens with two attached hydrogens (primary N) is 1. The van der Waals surface area contributed by atoms with Crippen LogP contribution in [0, 0.1) is 0 Å². The molecule has 0 fully saturated rings. The highest BCUT2D eigenvalue weighted by Crippen LogP contribution is 2.34. The Morgan fingerprint density at radius 3 is 3.00 bits per heavy atom. The average Bonchev–Trinajstić information content (AvgIpc) is 3.11. The summed E-state index contributed by atoms with van der Waals surface area (Å²) in [4.78, 5) is 14.6. The van der Waals surface area contributed by atoms with Crippen molar-refractivity contribution in [3.8, 4) is 0 Å². The smallest absolute Gasteiger partial charge is 0.274 e. The molecule has 2 aromatic rings. The molecule has 0 radical (unpaired) electrons. The molecule has 0 atom stereocenters. The lowest BCUT2D eigenvalue weighted by molar-refractivity contribution is 0.0978. The van der Waals surface area contributed by atoms with E-state index in [0.717, 1.165) is 17.7 Å². The molecule has 5 nitrogen and oxygen atoms in total. The van der Waals surface area contributed by atoms with Crippen LogP contribution in [0.1, 0.15) is 16.1 Å². The number of benzene rings is 1. The van der Waals surface area contributed by atoms with Crippen LogP contribution in [0.25, 0.3) is 0 Å². The van der Waals surface area contributed by atoms with Crippen LogP contribution in [-0.4, -0.2) is 30.7 Å². The van der Waals surface area contributed by atoms with Crippen molar-refractivity contribution in [2.75, 3.05) is 30.9 Å². The maximum atomic E-state index is 12.8. The van der Waals surface area contributed by atoms with Crippen LogP contribution in [0.4, 0.5) is 11.4 Å². The van der Waals surface area contributed by atoms with Gasteiger partial charge in [-0.15, -0.1) is 0 Å². The first kappa shape index (κ1) is 13.7. The highest BCUT2D eigenvalue weighted by atomic mass is 16.5. The Kier molecular flexibility index (Phi) is 3.66. The van der Waals surface area contributed by atoms with Crippen LogP contribution in [0.3, 0.4) is 0 Å². The molecule has 3 rings (SSSR count). The van der Waals surface area contributed by atoms with E-state index in [4.69, 9.17) is 10.5 Å². The second-order valence-corrected chi connectivity index (χ2v) is 5.14. The summed E-state index contributed by atoms with van der Waals surface area (Å²) in [6.07, 6.45) is 2.75. The predicted molar refractivity (Wildman–Crippen MR) is 82.5 cm³/mol. The van der Waals surface area contributed by atoms with Crippen LogP contribution in [0.2, 0.25) is 0 Å². The van der Waals surface area contributed by atoms with Crippen LogP contribution < -0.4 is 10.6 Å². The number of hydrogen-bond acceptors (Lipinski definition) is 3. The fraction of sp³-hybridized carbons (Fsp3) is 0.312. The van der Waals surface area contributed by atoms with Gasteiger partial charge in [-0.05, 0) is 30.2 Å². The number of anilines is 2. The Morgan fingerprint density at radius 1 is 1.33 bits per heavy atom. The summed E-state index contributed by atoms with van der Waals surface area (Å²) in [6, 6.07) is 9.53. The lowest BCUT2D eigenvalue weighted by Crippen LogP contribution is -2.31. The summed E-state index contributed by atoms with van der Waals surface area (Å²) >= 11 is 0. The van der Waals surface area contributed by atoms with E-state index in [-0.39, 0.29) is 5.91 Å². The zero-order chi connectivity index (χ0) is 14.8. The number of methoxy groups -OCH3 is 1. The fourth-order valence-corrected chi connectivity index (χ4v) is 2.82. The molecule has 0 bridgehead atoms. The molecule has 5 heteroatoms. The Hall–Kier alpha value is -2.27. The van der Waals surface area contributed by atoms with Gasteiger partial charge in [0.15, 0.2) is 0 Å². The van der Waals surface area contributed by atoms with Crippen molar-refractivity contribution >= 4 is 17.3 Å². The van der Waals surface area contributed by atoms with E-state index in [2.05, 4.69) is 0 Å². The number of carbonyl (C=O) groups is 1. The molecule has 1 amide bonds. The zero-order valence-electron chi connectivity index (χ0n) is 12.1. The number of carbonyl (C=O) groups excluding carboxylic acids is 1. The molecule has 1 aliphatic heterocycles. The Bertz CT molecular complexity index is 663. The molecule has 110 valence electrons. The van der Waals surface area contributed by atoms with E-state index in [1.807, 2.05) is 41.1 Å². The van der Waals surface area contributed by atoms with Crippen LogP contribution in [0.15, 0.2) is 36.5 Å². The van der Waals surface area contributed by atoms with Crippen molar-refractivity contribution in [3.05, 3.63) is 47.8 Å². The Labute approximate surface area is 123 Å². The quantitative estimate of drug-likeness (QED) is 0.873. The van der Waals surface area contributed by atoms with Gasteiger partial charge in [0, 0.05) is 26.4 Å². The van der Waals surface area contributed by atoms with E-state index in [1.165, 1.54) is 0 Å². The predicted octanol–water partition coefficient (Wildman–Crippen LogP) is 1.92. The lowest BCUT2D eigenvalue weighted by atomic mass is 10.1. The van der Waals surface area contributed by atoms with Crippen molar-refractivity contribution in [1.82, 2.24) is 4.57 Å². The number of amides is 1. The third kappa shape index (κ3) is 2.40. The van der Waals surface area contributed by atoms with Gasteiger partial charge < -0.3 is 19.9 Å². The molecule has 0 unspecified atom stereocenters. The molecule has 1 aromatic carbocycles. The van der Waals surface area contributed by atoms with Gasteiger partial charge in [0.05, 0.1) is 18.0 Å². The number of para-hydroxylation sites is 1. The van der Waals surface area contributed by atoms with Gasteiger partial charge in [-0.25, -0.2) is 0 Å². The van der Waals surface area contributed by atoms with Crippen LogP contribution in [0.5, 0.6) is 0 Å². The lowest BCUT2D eigenvalue weighted by Gasteiger charge is -2.20. The van der Waals surface area contributed by atoms with Gasteiger partial charge in [-0.1, -0.05) is 12.1 Å². The Morgan fingerprint density at radius 2 is 2.19 bits per heavy atom. The molecular weight excluding hydrogens is 266 g/mol. The van der Waals surface area contributed by atoms with Gasteiger partial charge in [-0.2, -0.15) is 0 Å². The third-order valence-corrected chi connectivity index (χ3v) is 3.86. The summed E-state index contributed by atoms with van der Waals surface area (Å²) in [5, 5.41) is 0. The van der Waals surface area contributed by atoms with Crippen molar-refractivity contribution in [2.45, 2.75) is 13.0 Å². The standard InChI is InChI=1S/C16H19N3O2/c1-21-11-10-18-8-3-6-14(18)16(20)19-9-7-12-4-2-5-13(17)15(12)19/h2-6,8H,7,9-11,17H2,1H3. The maximum Gasteiger partial charge on any atom is 0.274 e. The second kappa shape index (κ2) is 5.61. The maximum absolute atomic E-state index is 12.8. The molecule has 2 N–H and O–H groups in total. The van der Waals surface area contributed by atoms with E-state index < -0.39 is 0 Å². The van der Waals surface area contributed by atoms with Gasteiger partial charge in [-0.3, -0.25) is 4.79 Å². The molecule has 0 aliphatic carbocycles. The third-order valence-electron chi connectivity index (χ3n) is 3.86. The van der Waals surface area contributed by atoms with E-state index in [9.17, 15) is 4.79 Å². The van der Waals surface area contributed by atoms with E-state index in [1.54, 1.807) is 12.0 Å². The minimum Gasteiger partial charge on any atom is -0.397 e. The molecular formula is C16H19N3O2. The highest BCUT2D eigenvalue weighted by Gasteiger charge is 2.28. The van der Waals surface area contributed by atoms with Gasteiger partial charge in [0.25, 0.3) is 5.91 Å². The second-order valence-electron chi connectivity index (χ2n) is 5.14. The first-order valence-corrected chi connectivity index (χ1v) is 7.05. The van der Waals surface area contributed by atoms with Gasteiger partial charge in [0.1, 0.15) is 5.69 Å². The number of ether oxygens (including phenoxy) is 1. The number of nitrogen functional groups attached to an aromatic ring is 1. The monoisotopic (exact) mass is 285 g/mol. The molecule has 0 spiro atoms. The summed E-state index contributed by atoms with van der Waals surface area (Å²) < 4.78 is 7.00. The number of rotatable bonds is 4. The van der Waals surface area contributed by atoms with Gasteiger partial charge >= 0.3 is 0 Å². The average molecular weight is 285 g/mol. The Balaban J connectivity index is 1.90. The molecule has 1 aromatic heterocycles.